The summed E-state index contributed by atoms with van der Waals surface area (Å²) in [6.45, 7) is 1.98. The highest BCUT2D eigenvalue weighted by Gasteiger charge is 2.36. The van der Waals surface area contributed by atoms with E-state index in [1.165, 1.54) is 0 Å². The molecule has 1 heterocycles. The van der Waals surface area contributed by atoms with Crippen LogP contribution >= 0.6 is 78.4 Å². The zero-order valence-electron chi connectivity index (χ0n) is 20.6. The number of halogens is 5. The highest BCUT2D eigenvalue weighted by Crippen LogP contribution is 2.40. The van der Waals surface area contributed by atoms with Crippen LogP contribution in [0.15, 0.2) is 62.4 Å². The molecule has 0 spiro atoms. The van der Waals surface area contributed by atoms with E-state index in [2.05, 4.69) is 37.2 Å². The number of imide groups is 1. The van der Waals surface area contributed by atoms with Gasteiger partial charge in [-0.25, -0.2) is 0 Å². The van der Waals surface area contributed by atoms with E-state index in [9.17, 15) is 14.4 Å². The van der Waals surface area contributed by atoms with E-state index < -0.39 is 23.6 Å². The average molecular weight is 750 g/mol. The van der Waals surface area contributed by atoms with Crippen molar-refractivity contribution in [1.82, 2.24) is 4.90 Å². The first-order valence-electron chi connectivity index (χ1n) is 11.6. The number of anilines is 1. The Kier molecular flexibility index (Phi) is 10.5. The van der Waals surface area contributed by atoms with Crippen LogP contribution in [0.3, 0.4) is 0 Å². The Hall–Kier alpha value is -2.21. The summed E-state index contributed by atoms with van der Waals surface area (Å²) >= 11 is 25.7. The third-order valence-electron chi connectivity index (χ3n) is 5.38. The number of amides is 3. The van der Waals surface area contributed by atoms with Crippen LogP contribution in [0.25, 0.3) is 6.08 Å². The summed E-state index contributed by atoms with van der Waals surface area (Å²) in [7, 11) is 0. The van der Waals surface area contributed by atoms with Gasteiger partial charge in [0.05, 0.1) is 31.1 Å². The van der Waals surface area contributed by atoms with Gasteiger partial charge in [-0.1, -0.05) is 40.9 Å². The molecule has 3 aromatic carbocycles. The molecule has 0 unspecified atom stereocenters. The lowest BCUT2D eigenvalue weighted by atomic mass is 10.1. The molecule has 1 N–H and O–H groups in total. The van der Waals surface area contributed by atoms with E-state index in [0.717, 1.165) is 22.2 Å². The molecule has 0 bridgehead atoms. The van der Waals surface area contributed by atoms with Crippen molar-refractivity contribution in [3.05, 3.63) is 88.6 Å². The Bertz CT molecular complexity index is 1540. The fourth-order valence-electron chi connectivity index (χ4n) is 3.56. The zero-order chi connectivity index (χ0) is 29.0. The molecule has 0 radical (unpaired) electrons. The number of nitrogens with one attached hydrogen (secondary N) is 1. The predicted molar refractivity (Wildman–Crippen MR) is 167 cm³/mol. The van der Waals surface area contributed by atoms with E-state index in [4.69, 9.17) is 44.3 Å². The second-order valence-corrected chi connectivity index (χ2v) is 12.2. The monoisotopic (exact) mass is 746 g/mol. The third-order valence-corrected chi connectivity index (χ3v) is 8.84. The topological polar surface area (TPSA) is 84.9 Å². The summed E-state index contributed by atoms with van der Waals surface area (Å²) in [5, 5.41) is 3.37. The van der Waals surface area contributed by atoms with E-state index in [0.29, 0.717) is 53.4 Å². The number of hydrogen-bond donors (Lipinski definition) is 1. The molecule has 3 aromatic rings. The molecule has 7 nitrogen and oxygen atoms in total. The molecule has 4 rings (SSSR count). The van der Waals surface area contributed by atoms with Crippen molar-refractivity contribution in [2.24, 2.45) is 0 Å². The molecule has 1 aliphatic rings. The van der Waals surface area contributed by atoms with E-state index in [1.54, 1.807) is 54.6 Å². The first kappa shape index (κ1) is 30.7. The molecule has 208 valence electrons. The fourth-order valence-corrected chi connectivity index (χ4v) is 5.73. The summed E-state index contributed by atoms with van der Waals surface area (Å²) < 4.78 is 13.0. The lowest BCUT2D eigenvalue weighted by molar-refractivity contribution is -0.127. The molecule has 13 heteroatoms. The standard InChI is InChI=1S/C27H19Br2Cl3N2O5S/c1-2-38-22-9-15(7-18(29)25(22)39-13-14-3-6-19(30)21(32)8-14)10-23-26(36)34(27(37)40-23)12-24(35)33-16-4-5-17(28)20(31)11-16/h3-11H,2,12-13H2,1H3,(H,33,35)/b23-10+. The fraction of sp³-hybridized carbons (Fsp3) is 0.148. The third kappa shape index (κ3) is 7.54. The Morgan fingerprint density at radius 1 is 0.975 bits per heavy atom. The number of ether oxygens (including phenoxy) is 2. The molecule has 1 fully saturated rings. The maximum atomic E-state index is 13.0. The average Bonchev–Trinajstić information content (AvgIpc) is 3.15. The molecular formula is C27H19Br2Cl3N2O5S. The molecule has 0 saturated carbocycles. The van der Waals surface area contributed by atoms with Crippen molar-refractivity contribution in [2.75, 3.05) is 18.5 Å². The van der Waals surface area contributed by atoms with Crippen LogP contribution in [0.2, 0.25) is 15.1 Å². The minimum Gasteiger partial charge on any atom is -0.490 e. The van der Waals surface area contributed by atoms with Gasteiger partial charge in [-0.2, -0.15) is 0 Å². The van der Waals surface area contributed by atoms with Crippen molar-refractivity contribution >= 4 is 107 Å². The Labute approximate surface area is 266 Å². The van der Waals surface area contributed by atoms with Crippen molar-refractivity contribution in [1.29, 1.82) is 0 Å². The second kappa shape index (κ2) is 13.6. The van der Waals surface area contributed by atoms with Crippen LogP contribution in [-0.2, 0) is 16.2 Å². The number of nitrogens with zero attached hydrogens (tertiary/aromatic N) is 1. The Morgan fingerprint density at radius 3 is 2.45 bits per heavy atom. The Balaban J connectivity index is 1.48. The van der Waals surface area contributed by atoms with E-state index >= 15 is 0 Å². The lowest BCUT2D eigenvalue weighted by Gasteiger charge is -2.15. The quantitative estimate of drug-likeness (QED) is 0.220. The van der Waals surface area contributed by atoms with Gasteiger partial charge in [0.15, 0.2) is 11.5 Å². The summed E-state index contributed by atoms with van der Waals surface area (Å²) in [4.78, 5) is 39.2. The summed E-state index contributed by atoms with van der Waals surface area (Å²) in [5.41, 5.74) is 1.85. The normalized spacial score (nSPS) is 14.2. The highest BCUT2D eigenvalue weighted by atomic mass is 79.9. The predicted octanol–water partition coefficient (Wildman–Crippen LogP) is 8.82. The molecule has 1 saturated heterocycles. The van der Waals surface area contributed by atoms with Crippen molar-refractivity contribution in [3.8, 4) is 11.5 Å². The first-order valence-corrected chi connectivity index (χ1v) is 15.1. The smallest absolute Gasteiger partial charge is 0.294 e. The number of rotatable bonds is 9. The van der Waals surface area contributed by atoms with Crippen molar-refractivity contribution in [2.45, 2.75) is 13.5 Å². The van der Waals surface area contributed by atoms with Gasteiger partial charge in [-0.05, 0) is 110 Å². The SMILES string of the molecule is CCOc1cc(/C=C2/SC(=O)N(CC(=O)Nc3ccc(Br)c(Cl)c3)C2=O)cc(Br)c1OCc1ccc(Cl)c(Cl)c1. The van der Waals surface area contributed by atoms with Crippen LogP contribution in [-0.4, -0.2) is 35.1 Å². The van der Waals surface area contributed by atoms with Gasteiger partial charge in [-0.15, -0.1) is 0 Å². The largest absolute Gasteiger partial charge is 0.490 e. The van der Waals surface area contributed by atoms with Crippen LogP contribution in [0.4, 0.5) is 10.5 Å². The van der Waals surface area contributed by atoms with Gasteiger partial charge in [0.2, 0.25) is 5.91 Å². The number of carbonyl (C=O) groups excluding carboxylic acids is 3. The molecular weight excluding hydrogens is 731 g/mol. The zero-order valence-corrected chi connectivity index (χ0v) is 26.9. The second-order valence-electron chi connectivity index (χ2n) is 8.25. The van der Waals surface area contributed by atoms with Gasteiger partial charge in [0, 0.05) is 10.2 Å². The minimum absolute atomic E-state index is 0.170. The van der Waals surface area contributed by atoms with Crippen LogP contribution in [0.1, 0.15) is 18.1 Å². The van der Waals surface area contributed by atoms with Crippen molar-refractivity contribution in [3.63, 3.8) is 0 Å². The summed E-state index contributed by atoms with van der Waals surface area (Å²) in [6, 6.07) is 13.5. The summed E-state index contributed by atoms with van der Waals surface area (Å²) in [5.74, 6) is -0.211. The number of benzene rings is 3. The van der Waals surface area contributed by atoms with Gasteiger partial charge >= 0.3 is 0 Å². The molecule has 0 aromatic heterocycles. The summed E-state index contributed by atoms with van der Waals surface area (Å²) in [6.07, 6.45) is 1.56. The van der Waals surface area contributed by atoms with Gasteiger partial charge in [-0.3, -0.25) is 19.3 Å². The molecule has 1 aliphatic heterocycles. The van der Waals surface area contributed by atoms with Crippen LogP contribution < -0.4 is 14.8 Å². The number of carbonyl (C=O) groups is 3. The minimum atomic E-state index is -0.576. The molecule has 3 amide bonds. The highest BCUT2D eigenvalue weighted by molar-refractivity contribution is 9.10. The van der Waals surface area contributed by atoms with E-state index in [-0.39, 0.29) is 11.5 Å². The molecule has 0 atom stereocenters. The van der Waals surface area contributed by atoms with Gasteiger partial charge in [0.25, 0.3) is 11.1 Å². The molecule has 40 heavy (non-hydrogen) atoms. The maximum Gasteiger partial charge on any atom is 0.294 e. The Morgan fingerprint density at radius 2 is 1.75 bits per heavy atom. The van der Waals surface area contributed by atoms with E-state index in [1.807, 2.05) is 6.92 Å². The van der Waals surface area contributed by atoms with Crippen molar-refractivity contribution < 1.29 is 23.9 Å². The maximum absolute atomic E-state index is 13.0. The van der Waals surface area contributed by atoms with Gasteiger partial charge in [0.1, 0.15) is 13.2 Å². The number of hydrogen-bond acceptors (Lipinski definition) is 6. The lowest BCUT2D eigenvalue weighted by Crippen LogP contribution is -2.36. The molecule has 0 aliphatic carbocycles. The number of thioether (sulfide) groups is 1. The first-order chi connectivity index (χ1) is 19.0. The van der Waals surface area contributed by atoms with Crippen LogP contribution in [0.5, 0.6) is 11.5 Å². The van der Waals surface area contributed by atoms with Gasteiger partial charge < -0.3 is 14.8 Å². The van der Waals surface area contributed by atoms with Crippen LogP contribution in [0, 0.1) is 0 Å².